The van der Waals surface area contributed by atoms with E-state index in [4.69, 9.17) is 19.9 Å². The molecule has 1 aromatic carbocycles. The first-order valence-corrected chi connectivity index (χ1v) is 9.69. The van der Waals surface area contributed by atoms with Gasteiger partial charge >= 0.3 is 11.8 Å². The highest BCUT2D eigenvalue weighted by Crippen LogP contribution is 2.32. The molecule has 0 saturated carbocycles. The normalized spacial score (nSPS) is 14.0. The third-order valence-corrected chi connectivity index (χ3v) is 4.65. The van der Waals surface area contributed by atoms with Crippen molar-refractivity contribution in [3.05, 3.63) is 52.1 Å². The second-order valence-corrected chi connectivity index (χ2v) is 6.73. The highest BCUT2D eigenvalue weighted by atomic mass is 16.7. The monoisotopic (exact) mass is 430 g/mol. The smallest absolute Gasteiger partial charge is 0.439 e. The summed E-state index contributed by atoms with van der Waals surface area (Å²) in [5, 5.41) is 11.5. The van der Waals surface area contributed by atoms with E-state index in [1.807, 2.05) is 0 Å². The zero-order valence-electron chi connectivity index (χ0n) is 16.9. The first-order chi connectivity index (χ1) is 14.9. The summed E-state index contributed by atoms with van der Waals surface area (Å²) in [4.78, 5) is 39.7. The number of benzene rings is 1. The molecule has 0 spiro atoms. The fraction of sp³-hybridized carbons (Fsp3) is 0.350. The van der Waals surface area contributed by atoms with Gasteiger partial charge in [-0.3, -0.25) is 14.9 Å². The van der Waals surface area contributed by atoms with Gasteiger partial charge in [-0.05, 0) is 31.2 Å². The van der Waals surface area contributed by atoms with Crippen LogP contribution >= 0.6 is 0 Å². The molecule has 1 aliphatic rings. The van der Waals surface area contributed by atoms with Crippen LogP contribution in [0.15, 0.2) is 36.4 Å². The van der Waals surface area contributed by atoms with E-state index in [9.17, 15) is 19.7 Å². The zero-order chi connectivity index (χ0) is 22.4. The largest absolute Gasteiger partial charge is 0.508 e. The summed E-state index contributed by atoms with van der Waals surface area (Å²) >= 11 is 0. The van der Waals surface area contributed by atoms with Crippen molar-refractivity contribution in [1.82, 2.24) is 4.98 Å². The lowest BCUT2D eigenvalue weighted by Gasteiger charge is -2.31. The van der Waals surface area contributed by atoms with Gasteiger partial charge in [-0.2, -0.15) is 4.98 Å². The lowest BCUT2D eigenvalue weighted by atomic mass is 10.1. The molecule has 1 fully saturated rings. The summed E-state index contributed by atoms with van der Waals surface area (Å²) < 4.78 is 15.7. The number of rotatable bonds is 7. The summed E-state index contributed by atoms with van der Waals surface area (Å²) in [5.74, 6) is 0.180. The molecule has 1 aromatic heterocycles. The van der Waals surface area contributed by atoms with Gasteiger partial charge in [0.2, 0.25) is 17.6 Å². The molecule has 2 N–H and O–H groups in total. The minimum absolute atomic E-state index is 0.152. The zero-order valence-corrected chi connectivity index (χ0v) is 16.9. The van der Waals surface area contributed by atoms with Crippen molar-refractivity contribution >= 4 is 23.6 Å². The highest BCUT2D eigenvalue weighted by Gasteiger charge is 2.28. The molecule has 1 saturated heterocycles. The minimum atomic E-state index is -0.720. The van der Waals surface area contributed by atoms with E-state index < -0.39 is 17.0 Å². The van der Waals surface area contributed by atoms with Crippen molar-refractivity contribution in [2.45, 2.75) is 25.9 Å². The molecule has 31 heavy (non-hydrogen) atoms. The van der Waals surface area contributed by atoms with Crippen LogP contribution < -0.4 is 15.4 Å². The van der Waals surface area contributed by atoms with Crippen LogP contribution in [0.3, 0.4) is 0 Å². The fourth-order valence-corrected chi connectivity index (χ4v) is 3.14. The lowest BCUT2D eigenvalue weighted by Crippen LogP contribution is -2.38. The van der Waals surface area contributed by atoms with E-state index in [0.29, 0.717) is 37.2 Å². The van der Waals surface area contributed by atoms with Gasteiger partial charge in [0.25, 0.3) is 0 Å². The predicted molar refractivity (Wildman–Crippen MR) is 109 cm³/mol. The lowest BCUT2D eigenvalue weighted by molar-refractivity contribution is -0.384. The van der Waals surface area contributed by atoms with Crippen LogP contribution in [0.5, 0.6) is 11.6 Å². The quantitative estimate of drug-likeness (QED) is 0.397. The summed E-state index contributed by atoms with van der Waals surface area (Å²) in [5.41, 5.74) is 5.40. The Kier molecular flexibility index (Phi) is 6.85. The number of amides is 1. The van der Waals surface area contributed by atoms with E-state index in [2.05, 4.69) is 4.98 Å². The van der Waals surface area contributed by atoms with E-state index in [1.165, 1.54) is 24.3 Å². The molecule has 1 aliphatic heterocycles. The number of pyridine rings is 1. The standard InChI is InChI=1S/C20H22N4O7/c1-2-29-20(26)31-15-9-11-23(12-10-15)19-16(24(27)28)7-8-17(22-19)30-14-5-3-13(4-6-14)18(21)25/h3-8,15H,2,9-12H2,1H3,(H2,21,25). The van der Waals surface area contributed by atoms with Gasteiger partial charge in [0.05, 0.1) is 11.5 Å². The molecular weight excluding hydrogens is 408 g/mol. The fourth-order valence-electron chi connectivity index (χ4n) is 3.14. The van der Waals surface area contributed by atoms with Crippen LogP contribution in [-0.2, 0) is 9.47 Å². The number of carbonyl (C=O) groups excluding carboxylic acids is 2. The van der Waals surface area contributed by atoms with Crippen molar-refractivity contribution in [2.75, 3.05) is 24.6 Å². The molecule has 11 heteroatoms. The summed E-state index contributed by atoms with van der Waals surface area (Å²) in [6, 6.07) is 8.87. The molecule has 2 heterocycles. The molecule has 2 aromatic rings. The number of primary amides is 1. The number of nitrogens with two attached hydrogens (primary N) is 1. The summed E-state index contributed by atoms with van der Waals surface area (Å²) in [6.07, 6.45) is -0.0744. The number of aromatic nitrogens is 1. The Bertz CT molecular complexity index is 957. The SMILES string of the molecule is CCOC(=O)OC1CCN(c2nc(Oc3ccc(C(N)=O)cc3)ccc2[N+](=O)[O-])CC1. The number of carbonyl (C=O) groups is 2. The van der Waals surface area contributed by atoms with E-state index in [0.717, 1.165) is 0 Å². The number of anilines is 1. The van der Waals surface area contributed by atoms with Gasteiger partial charge in [-0.15, -0.1) is 0 Å². The van der Waals surface area contributed by atoms with Gasteiger partial charge in [0.15, 0.2) is 0 Å². The number of piperidine rings is 1. The van der Waals surface area contributed by atoms with Crippen LogP contribution in [0.25, 0.3) is 0 Å². The van der Waals surface area contributed by atoms with Crippen molar-refractivity contribution < 1.29 is 28.7 Å². The predicted octanol–water partition coefficient (Wildman–Crippen LogP) is 3.02. The first kappa shape index (κ1) is 21.8. The Morgan fingerprint density at radius 2 is 1.87 bits per heavy atom. The molecule has 0 radical (unpaired) electrons. The van der Waals surface area contributed by atoms with Crippen molar-refractivity contribution in [3.63, 3.8) is 0 Å². The average molecular weight is 430 g/mol. The van der Waals surface area contributed by atoms with E-state index in [1.54, 1.807) is 24.0 Å². The Labute approximate surface area is 177 Å². The number of ether oxygens (including phenoxy) is 3. The summed E-state index contributed by atoms with van der Waals surface area (Å²) in [6.45, 7) is 2.74. The Hall–Kier alpha value is -3.89. The maximum absolute atomic E-state index is 11.5. The van der Waals surface area contributed by atoms with Crippen LogP contribution in [-0.4, -0.2) is 47.8 Å². The van der Waals surface area contributed by atoms with Gasteiger partial charge in [-0.25, -0.2) is 4.79 Å². The first-order valence-electron chi connectivity index (χ1n) is 9.69. The van der Waals surface area contributed by atoms with Crippen LogP contribution in [0.1, 0.15) is 30.1 Å². The Balaban J connectivity index is 1.73. The summed E-state index contributed by atoms with van der Waals surface area (Å²) in [7, 11) is 0. The Morgan fingerprint density at radius 3 is 2.45 bits per heavy atom. The molecule has 3 rings (SSSR count). The van der Waals surface area contributed by atoms with Gasteiger partial charge in [-0.1, -0.05) is 0 Å². The number of hydrogen-bond acceptors (Lipinski definition) is 9. The Morgan fingerprint density at radius 1 is 1.19 bits per heavy atom. The third-order valence-electron chi connectivity index (χ3n) is 4.65. The minimum Gasteiger partial charge on any atom is -0.439 e. The van der Waals surface area contributed by atoms with Crippen LogP contribution in [0.4, 0.5) is 16.3 Å². The number of nitro groups is 1. The maximum atomic E-state index is 11.5. The molecule has 0 unspecified atom stereocenters. The molecule has 0 bridgehead atoms. The molecule has 0 atom stereocenters. The third kappa shape index (κ3) is 5.59. The molecular formula is C20H22N4O7. The van der Waals surface area contributed by atoms with E-state index >= 15 is 0 Å². The molecule has 0 aliphatic carbocycles. The van der Waals surface area contributed by atoms with Crippen LogP contribution in [0, 0.1) is 10.1 Å². The highest BCUT2D eigenvalue weighted by molar-refractivity contribution is 5.92. The average Bonchev–Trinajstić information content (AvgIpc) is 2.74. The van der Waals surface area contributed by atoms with Crippen molar-refractivity contribution in [1.29, 1.82) is 0 Å². The second-order valence-electron chi connectivity index (χ2n) is 6.73. The second kappa shape index (κ2) is 9.74. The molecule has 11 nitrogen and oxygen atoms in total. The van der Waals surface area contributed by atoms with Crippen molar-refractivity contribution in [2.24, 2.45) is 5.73 Å². The maximum Gasteiger partial charge on any atom is 0.508 e. The topological polar surface area (TPSA) is 147 Å². The van der Waals surface area contributed by atoms with E-state index in [-0.39, 0.29) is 30.1 Å². The molecule has 1 amide bonds. The number of nitrogens with zero attached hydrogens (tertiary/aromatic N) is 3. The van der Waals surface area contributed by atoms with Gasteiger partial charge in [0, 0.05) is 43.6 Å². The van der Waals surface area contributed by atoms with Crippen LogP contribution in [0.2, 0.25) is 0 Å². The van der Waals surface area contributed by atoms with Gasteiger partial charge in [0.1, 0.15) is 11.9 Å². The molecule has 164 valence electrons. The van der Waals surface area contributed by atoms with Gasteiger partial charge < -0.3 is 24.8 Å². The van der Waals surface area contributed by atoms with Crippen molar-refractivity contribution in [3.8, 4) is 11.6 Å². The number of hydrogen-bond donors (Lipinski definition) is 1.